The molecule has 1 aliphatic heterocycles. The van der Waals surface area contributed by atoms with Crippen LogP contribution in [0.5, 0.6) is 0 Å². The van der Waals surface area contributed by atoms with Gasteiger partial charge in [0, 0.05) is 25.4 Å². The fourth-order valence-corrected chi connectivity index (χ4v) is 2.05. The number of nitro groups is 1. The molecule has 8 heteroatoms. The lowest BCUT2D eigenvalue weighted by Crippen LogP contribution is -2.43. The molecule has 0 saturated carbocycles. The van der Waals surface area contributed by atoms with Crippen LogP contribution in [0.2, 0.25) is 0 Å². The molecule has 1 aromatic heterocycles. The number of hydrogen-bond donors (Lipinski definition) is 1. The van der Waals surface area contributed by atoms with Crippen LogP contribution in [0.15, 0.2) is 21.7 Å². The van der Waals surface area contributed by atoms with E-state index < -0.39 is 16.7 Å². The van der Waals surface area contributed by atoms with Gasteiger partial charge in [-0.3, -0.25) is 14.9 Å². The summed E-state index contributed by atoms with van der Waals surface area (Å²) in [5, 5.41) is 22.4. The first-order valence-electron chi connectivity index (χ1n) is 5.77. The lowest BCUT2D eigenvalue weighted by molar-refractivity contribution is -0.402. The molecule has 0 spiro atoms. The summed E-state index contributed by atoms with van der Waals surface area (Å²) in [7, 11) is 0. The SMILES string of the molecule is CC1CN(C(=O)c2ccc([N+](=O)[O-])o2)CC/C1=N\O. The van der Waals surface area contributed by atoms with Crippen molar-refractivity contribution in [2.75, 3.05) is 13.1 Å². The van der Waals surface area contributed by atoms with Gasteiger partial charge >= 0.3 is 5.88 Å². The van der Waals surface area contributed by atoms with Gasteiger partial charge in [-0.15, -0.1) is 0 Å². The molecule has 1 amide bonds. The molecule has 1 atom stereocenters. The predicted octanol–water partition coefficient (Wildman–Crippen LogP) is 1.50. The van der Waals surface area contributed by atoms with E-state index in [9.17, 15) is 14.9 Å². The average Bonchev–Trinajstić information content (AvgIpc) is 2.87. The smallest absolute Gasteiger partial charge is 0.411 e. The Morgan fingerprint density at radius 3 is 2.89 bits per heavy atom. The Labute approximate surface area is 108 Å². The Kier molecular flexibility index (Phi) is 3.50. The van der Waals surface area contributed by atoms with E-state index in [4.69, 9.17) is 9.62 Å². The van der Waals surface area contributed by atoms with Crippen molar-refractivity contribution in [1.82, 2.24) is 4.90 Å². The number of carbonyl (C=O) groups excluding carboxylic acids is 1. The second-order valence-electron chi connectivity index (χ2n) is 4.39. The number of amides is 1. The zero-order chi connectivity index (χ0) is 14.0. The van der Waals surface area contributed by atoms with Crippen LogP contribution in [0.4, 0.5) is 5.88 Å². The van der Waals surface area contributed by atoms with E-state index >= 15 is 0 Å². The van der Waals surface area contributed by atoms with Crippen LogP contribution in [-0.4, -0.2) is 39.7 Å². The van der Waals surface area contributed by atoms with Crippen molar-refractivity contribution >= 4 is 17.5 Å². The highest BCUT2D eigenvalue weighted by molar-refractivity contribution is 5.94. The molecule has 1 saturated heterocycles. The van der Waals surface area contributed by atoms with Gasteiger partial charge in [0.15, 0.2) is 5.76 Å². The zero-order valence-corrected chi connectivity index (χ0v) is 10.3. The van der Waals surface area contributed by atoms with Gasteiger partial charge < -0.3 is 14.5 Å². The molecule has 1 fully saturated rings. The highest BCUT2D eigenvalue weighted by Gasteiger charge is 2.29. The van der Waals surface area contributed by atoms with E-state index in [2.05, 4.69) is 5.16 Å². The summed E-state index contributed by atoms with van der Waals surface area (Å²) < 4.78 is 4.88. The largest absolute Gasteiger partial charge is 0.433 e. The normalized spacial score (nSPS) is 21.6. The quantitative estimate of drug-likeness (QED) is 0.496. The summed E-state index contributed by atoms with van der Waals surface area (Å²) in [6.07, 6.45) is 0.478. The Hall–Kier alpha value is -2.38. The van der Waals surface area contributed by atoms with E-state index in [1.807, 2.05) is 6.92 Å². The molecular weight excluding hydrogens is 254 g/mol. The highest BCUT2D eigenvalue weighted by atomic mass is 16.6. The van der Waals surface area contributed by atoms with E-state index in [0.717, 1.165) is 6.07 Å². The molecule has 2 rings (SSSR count). The molecule has 1 N–H and O–H groups in total. The van der Waals surface area contributed by atoms with Crippen LogP contribution < -0.4 is 0 Å². The maximum atomic E-state index is 12.1. The Balaban J connectivity index is 2.10. The zero-order valence-electron chi connectivity index (χ0n) is 10.3. The summed E-state index contributed by atoms with van der Waals surface area (Å²) in [5.41, 5.74) is 0.648. The van der Waals surface area contributed by atoms with Crippen LogP contribution in [0.1, 0.15) is 23.9 Å². The van der Waals surface area contributed by atoms with Gasteiger partial charge in [0.1, 0.15) is 4.92 Å². The molecule has 0 aromatic carbocycles. The number of hydrogen-bond acceptors (Lipinski definition) is 6. The molecule has 8 nitrogen and oxygen atoms in total. The lowest BCUT2D eigenvalue weighted by Gasteiger charge is -2.30. The second-order valence-corrected chi connectivity index (χ2v) is 4.39. The van der Waals surface area contributed by atoms with Crippen LogP contribution in [0.25, 0.3) is 0 Å². The Bertz CT molecular complexity index is 536. The van der Waals surface area contributed by atoms with E-state index in [1.165, 1.54) is 11.0 Å². The van der Waals surface area contributed by atoms with Gasteiger partial charge in [-0.25, -0.2) is 0 Å². The summed E-state index contributed by atoms with van der Waals surface area (Å²) in [6.45, 7) is 2.64. The fraction of sp³-hybridized carbons (Fsp3) is 0.455. The first-order chi connectivity index (χ1) is 9.02. The monoisotopic (exact) mass is 267 g/mol. The molecule has 0 radical (unpaired) electrons. The van der Waals surface area contributed by atoms with E-state index in [0.29, 0.717) is 25.2 Å². The standard InChI is InChI=1S/C11H13N3O5/c1-7-6-13(5-4-8(7)12-16)11(15)9-2-3-10(19-9)14(17)18/h2-3,7,16H,4-6H2,1H3/b12-8+. The van der Waals surface area contributed by atoms with Gasteiger partial charge in [-0.1, -0.05) is 12.1 Å². The van der Waals surface area contributed by atoms with Crippen LogP contribution >= 0.6 is 0 Å². The Morgan fingerprint density at radius 1 is 1.63 bits per heavy atom. The number of furan rings is 1. The van der Waals surface area contributed by atoms with Crippen molar-refractivity contribution in [1.29, 1.82) is 0 Å². The molecule has 19 heavy (non-hydrogen) atoms. The third kappa shape index (κ3) is 2.56. The van der Waals surface area contributed by atoms with Crippen LogP contribution in [0, 0.1) is 16.0 Å². The predicted molar refractivity (Wildman–Crippen MR) is 64.3 cm³/mol. The van der Waals surface area contributed by atoms with Gasteiger partial charge in [0.2, 0.25) is 0 Å². The lowest BCUT2D eigenvalue weighted by atomic mass is 9.97. The maximum Gasteiger partial charge on any atom is 0.433 e. The van der Waals surface area contributed by atoms with Crippen molar-refractivity contribution in [2.24, 2.45) is 11.1 Å². The minimum Gasteiger partial charge on any atom is -0.411 e. The topological polar surface area (TPSA) is 109 Å². The molecule has 1 aromatic rings. The molecule has 1 unspecified atom stereocenters. The van der Waals surface area contributed by atoms with Crippen molar-refractivity contribution in [3.63, 3.8) is 0 Å². The summed E-state index contributed by atoms with van der Waals surface area (Å²) in [4.78, 5) is 23.4. The number of carbonyl (C=O) groups is 1. The van der Waals surface area contributed by atoms with Crippen LogP contribution in [-0.2, 0) is 0 Å². The van der Waals surface area contributed by atoms with Gasteiger partial charge in [-0.05, 0) is 6.07 Å². The maximum absolute atomic E-state index is 12.1. The summed E-state index contributed by atoms with van der Waals surface area (Å²) in [6, 6.07) is 2.45. The second kappa shape index (κ2) is 5.09. The average molecular weight is 267 g/mol. The minimum absolute atomic E-state index is 0.0485. The number of nitrogens with zero attached hydrogens (tertiary/aromatic N) is 3. The number of likely N-dealkylation sites (tertiary alicyclic amines) is 1. The first-order valence-corrected chi connectivity index (χ1v) is 5.77. The molecule has 1 aliphatic rings. The van der Waals surface area contributed by atoms with Crippen molar-refractivity contribution in [3.05, 3.63) is 28.0 Å². The molecule has 2 heterocycles. The summed E-state index contributed by atoms with van der Waals surface area (Å²) >= 11 is 0. The van der Waals surface area contributed by atoms with E-state index in [-0.39, 0.29) is 11.7 Å². The van der Waals surface area contributed by atoms with Crippen molar-refractivity contribution < 1.29 is 19.3 Å². The van der Waals surface area contributed by atoms with Gasteiger partial charge in [0.05, 0.1) is 11.8 Å². The third-order valence-electron chi connectivity index (χ3n) is 3.10. The molecule has 102 valence electrons. The van der Waals surface area contributed by atoms with Crippen molar-refractivity contribution in [2.45, 2.75) is 13.3 Å². The van der Waals surface area contributed by atoms with Gasteiger partial charge in [0.25, 0.3) is 5.91 Å². The summed E-state index contributed by atoms with van der Waals surface area (Å²) in [5.74, 6) is -0.945. The number of piperidine rings is 1. The minimum atomic E-state index is -0.688. The number of rotatable bonds is 2. The molecular formula is C11H13N3O5. The molecule has 0 aliphatic carbocycles. The molecule has 0 bridgehead atoms. The third-order valence-corrected chi connectivity index (χ3v) is 3.10. The van der Waals surface area contributed by atoms with Crippen molar-refractivity contribution in [3.8, 4) is 0 Å². The first kappa shape index (κ1) is 13.1. The Morgan fingerprint density at radius 2 is 2.37 bits per heavy atom. The van der Waals surface area contributed by atoms with Crippen LogP contribution in [0.3, 0.4) is 0 Å². The van der Waals surface area contributed by atoms with Gasteiger partial charge in [-0.2, -0.15) is 0 Å². The highest BCUT2D eigenvalue weighted by Crippen LogP contribution is 2.20. The van der Waals surface area contributed by atoms with E-state index in [1.54, 1.807) is 0 Å². The number of oxime groups is 1. The fourth-order valence-electron chi connectivity index (χ4n) is 2.05.